The molecule has 4 aromatic rings. The number of rotatable bonds is 5. The van der Waals surface area contributed by atoms with Crippen molar-refractivity contribution in [3.05, 3.63) is 107 Å². The second-order valence-electron chi connectivity index (χ2n) is 6.95. The quantitative estimate of drug-likeness (QED) is 0.198. The standard InChI is InChI=1S/C13H9ClN2O.C13H11ClN2.O2Se/c1-2-9-5-12(14)13(16-6-9)10-3-4-11(8-17)15-7-10;1-3-10-6-12(14)13(16-7-10)11-5-4-9(2)15-8-11;1-3-2/h2-8H,1H2;3-8H,1H2,2H3;. The van der Waals surface area contributed by atoms with Gasteiger partial charge in [0.2, 0.25) is 0 Å². The zero-order valence-electron chi connectivity index (χ0n) is 19.1. The van der Waals surface area contributed by atoms with Gasteiger partial charge < -0.3 is 0 Å². The Balaban J connectivity index is 0.000000229. The van der Waals surface area contributed by atoms with E-state index in [4.69, 9.17) is 30.9 Å². The Morgan fingerprint density at radius 2 is 1.22 bits per heavy atom. The van der Waals surface area contributed by atoms with Crippen LogP contribution in [0.2, 0.25) is 10.0 Å². The average molecular weight is 586 g/mol. The fourth-order valence-electron chi connectivity index (χ4n) is 2.78. The van der Waals surface area contributed by atoms with Crippen molar-refractivity contribution in [2.24, 2.45) is 0 Å². The number of carbonyl (C=O) groups is 1. The van der Waals surface area contributed by atoms with E-state index in [1.54, 1.807) is 55.1 Å². The van der Waals surface area contributed by atoms with Crippen LogP contribution in [0.25, 0.3) is 34.7 Å². The van der Waals surface area contributed by atoms with Crippen LogP contribution in [-0.4, -0.2) is 41.0 Å². The number of pyridine rings is 4. The van der Waals surface area contributed by atoms with E-state index in [2.05, 4.69) is 33.1 Å². The Hall–Kier alpha value is -3.55. The van der Waals surface area contributed by atoms with Crippen LogP contribution >= 0.6 is 23.2 Å². The van der Waals surface area contributed by atoms with Gasteiger partial charge in [0.15, 0.2) is 6.29 Å². The fourth-order valence-corrected chi connectivity index (χ4v) is 3.34. The molecule has 7 nitrogen and oxygen atoms in total. The van der Waals surface area contributed by atoms with E-state index in [0.29, 0.717) is 27.7 Å². The van der Waals surface area contributed by atoms with Crippen molar-refractivity contribution in [3.8, 4) is 22.5 Å². The first kappa shape index (κ1) is 28.7. The molecule has 0 unspecified atom stereocenters. The molecule has 0 aliphatic rings. The Morgan fingerprint density at radius 1 is 0.750 bits per heavy atom. The van der Waals surface area contributed by atoms with Gasteiger partial charge in [-0.1, -0.05) is 48.5 Å². The summed E-state index contributed by atoms with van der Waals surface area (Å²) in [5, 5.41) is 1.14. The first-order valence-electron chi connectivity index (χ1n) is 10.2. The van der Waals surface area contributed by atoms with Crippen molar-refractivity contribution < 1.29 is 12.5 Å². The first-order chi connectivity index (χ1) is 17.4. The topological polar surface area (TPSA) is 103 Å². The van der Waals surface area contributed by atoms with E-state index in [1.165, 1.54) is 0 Å². The molecule has 36 heavy (non-hydrogen) atoms. The SMILES string of the molecule is C=Cc1cnc(-c2ccc(C)nc2)c(Cl)c1.C=Cc1cnc(-c2ccc(C=O)nc2)c(Cl)c1.O=[Se]=O. The molecule has 4 aromatic heterocycles. The van der Waals surface area contributed by atoms with Gasteiger partial charge in [-0.05, 0) is 54.4 Å². The summed E-state index contributed by atoms with van der Waals surface area (Å²) in [7, 11) is 0. The zero-order valence-corrected chi connectivity index (χ0v) is 22.3. The number of aryl methyl sites for hydroxylation is 1. The van der Waals surface area contributed by atoms with E-state index in [1.807, 2.05) is 25.1 Å². The first-order valence-corrected chi connectivity index (χ1v) is 12.3. The predicted molar refractivity (Wildman–Crippen MR) is 142 cm³/mol. The Morgan fingerprint density at radius 3 is 1.56 bits per heavy atom. The summed E-state index contributed by atoms with van der Waals surface area (Å²) in [6.07, 6.45) is 10.9. The van der Waals surface area contributed by atoms with Gasteiger partial charge in [-0.2, -0.15) is 0 Å². The van der Waals surface area contributed by atoms with Gasteiger partial charge in [0.1, 0.15) is 5.69 Å². The summed E-state index contributed by atoms with van der Waals surface area (Å²) in [6, 6.07) is 10.9. The predicted octanol–water partition coefficient (Wildman–Crippen LogP) is 6.38. The van der Waals surface area contributed by atoms with Gasteiger partial charge in [0, 0.05) is 41.6 Å². The number of aromatic nitrogens is 4. The second-order valence-corrected chi connectivity index (χ2v) is 8.05. The van der Waals surface area contributed by atoms with E-state index >= 15 is 0 Å². The molecule has 0 radical (unpaired) electrons. The minimum atomic E-state index is -1.62. The summed E-state index contributed by atoms with van der Waals surface area (Å²) in [6.45, 7) is 9.27. The third-order valence-corrected chi connectivity index (χ3v) is 5.14. The van der Waals surface area contributed by atoms with Gasteiger partial charge in [-0.15, -0.1) is 0 Å². The monoisotopic (exact) mass is 586 g/mol. The van der Waals surface area contributed by atoms with Crippen LogP contribution in [0, 0.1) is 6.92 Å². The van der Waals surface area contributed by atoms with Crippen molar-refractivity contribution in [1.82, 2.24) is 19.9 Å². The Bertz CT molecular complexity index is 1390. The van der Waals surface area contributed by atoms with E-state index < -0.39 is 14.8 Å². The minimum absolute atomic E-state index is 0.382. The molecule has 0 amide bonds. The molecule has 0 fully saturated rings. The molecular weight excluding hydrogens is 566 g/mol. The van der Waals surface area contributed by atoms with Crippen LogP contribution in [0.5, 0.6) is 0 Å². The summed E-state index contributed by atoms with van der Waals surface area (Å²) >= 11 is 10.6. The van der Waals surface area contributed by atoms with E-state index in [-0.39, 0.29) is 0 Å². The van der Waals surface area contributed by atoms with E-state index in [0.717, 1.165) is 33.6 Å². The molecule has 0 aliphatic heterocycles. The second kappa shape index (κ2) is 14.8. The van der Waals surface area contributed by atoms with Crippen LogP contribution in [-0.2, 0) is 7.67 Å². The Labute approximate surface area is 224 Å². The number of halogens is 2. The molecule has 0 spiro atoms. The maximum atomic E-state index is 10.5. The van der Waals surface area contributed by atoms with Gasteiger partial charge in [-0.3, -0.25) is 24.7 Å². The molecule has 10 heteroatoms. The number of aldehydes is 1. The summed E-state index contributed by atoms with van der Waals surface area (Å²) < 4.78 is 16.9. The summed E-state index contributed by atoms with van der Waals surface area (Å²) in [5.74, 6) is 0. The third kappa shape index (κ3) is 8.29. The van der Waals surface area contributed by atoms with Gasteiger partial charge in [0.25, 0.3) is 0 Å². The van der Waals surface area contributed by atoms with Crippen molar-refractivity contribution in [1.29, 1.82) is 0 Å². The molecule has 0 saturated carbocycles. The average Bonchev–Trinajstić information content (AvgIpc) is 2.90. The fraction of sp³-hybridized carbons (Fsp3) is 0.0385. The molecule has 182 valence electrons. The van der Waals surface area contributed by atoms with Gasteiger partial charge >= 0.3 is 22.5 Å². The van der Waals surface area contributed by atoms with Crippen molar-refractivity contribution in [2.45, 2.75) is 6.92 Å². The van der Waals surface area contributed by atoms with Crippen molar-refractivity contribution in [2.75, 3.05) is 0 Å². The number of nitrogens with zero attached hydrogens (tertiary/aromatic N) is 4. The Kier molecular flexibility index (Phi) is 11.8. The molecule has 0 saturated heterocycles. The molecular formula is C26H20Cl2N4O3Se. The molecule has 0 aromatic carbocycles. The third-order valence-electron chi connectivity index (χ3n) is 4.56. The summed E-state index contributed by atoms with van der Waals surface area (Å²) in [5.41, 5.74) is 6.21. The number of hydrogen-bond acceptors (Lipinski definition) is 7. The number of hydrogen-bond donors (Lipinski definition) is 0. The molecule has 4 heterocycles. The van der Waals surface area contributed by atoms with Crippen LogP contribution in [0.1, 0.15) is 27.3 Å². The molecule has 0 bridgehead atoms. The number of carbonyl (C=O) groups excluding carboxylic acids is 1. The van der Waals surface area contributed by atoms with E-state index in [9.17, 15) is 4.79 Å². The normalized spacial score (nSPS) is 9.53. The molecule has 0 aliphatic carbocycles. The zero-order chi connectivity index (χ0) is 26.5. The summed E-state index contributed by atoms with van der Waals surface area (Å²) in [4.78, 5) is 27.2. The van der Waals surface area contributed by atoms with Gasteiger partial charge in [-0.25, -0.2) is 0 Å². The van der Waals surface area contributed by atoms with Crippen LogP contribution in [0.4, 0.5) is 0 Å². The molecule has 0 atom stereocenters. The van der Waals surface area contributed by atoms with Gasteiger partial charge in [0.05, 0.1) is 21.4 Å². The van der Waals surface area contributed by atoms with Crippen LogP contribution in [0.3, 0.4) is 0 Å². The molecule has 0 N–H and O–H groups in total. The molecule has 4 rings (SSSR count). The van der Waals surface area contributed by atoms with Crippen molar-refractivity contribution >= 4 is 56.5 Å². The maximum absolute atomic E-state index is 10.5. The van der Waals surface area contributed by atoms with Crippen LogP contribution < -0.4 is 0 Å². The van der Waals surface area contributed by atoms with Crippen molar-refractivity contribution in [3.63, 3.8) is 0 Å². The van der Waals surface area contributed by atoms with Crippen LogP contribution in [0.15, 0.2) is 74.3 Å².